The molecule has 0 aromatic heterocycles. The maximum Gasteiger partial charge on any atom is 0.242 e. The highest BCUT2D eigenvalue weighted by Gasteiger charge is 2.26. The number of methoxy groups -OCH3 is 1. The Morgan fingerprint density at radius 3 is 2.47 bits per heavy atom. The van der Waals surface area contributed by atoms with Crippen molar-refractivity contribution in [2.75, 3.05) is 39.8 Å². The second kappa shape index (κ2) is 12.7. The molecule has 2 aromatic carbocycles. The molecule has 7 nitrogen and oxygen atoms in total. The SMILES string of the molecule is CCNC(=NCC(=O)NCc1ccccc1)NCC(c1ccccc1OC)N1CCCC1. The molecule has 0 saturated carbocycles. The van der Waals surface area contributed by atoms with E-state index in [1.165, 1.54) is 18.4 Å². The summed E-state index contributed by atoms with van der Waals surface area (Å²) in [5.74, 6) is 1.43. The number of nitrogens with zero attached hydrogens (tertiary/aromatic N) is 2. The molecular weight excluding hydrogens is 402 g/mol. The normalized spacial score (nSPS) is 15.2. The number of hydrogen-bond acceptors (Lipinski definition) is 4. The van der Waals surface area contributed by atoms with E-state index in [1.807, 2.05) is 49.4 Å². The molecule has 0 spiro atoms. The summed E-state index contributed by atoms with van der Waals surface area (Å²) >= 11 is 0. The van der Waals surface area contributed by atoms with Crippen LogP contribution in [0.15, 0.2) is 59.6 Å². The zero-order valence-electron chi connectivity index (χ0n) is 19.1. The zero-order chi connectivity index (χ0) is 22.6. The summed E-state index contributed by atoms with van der Waals surface area (Å²) in [6.45, 7) is 6.14. The molecule has 1 unspecified atom stereocenters. The molecule has 1 saturated heterocycles. The van der Waals surface area contributed by atoms with Gasteiger partial charge < -0.3 is 20.7 Å². The third-order valence-corrected chi connectivity index (χ3v) is 5.60. The fourth-order valence-corrected chi connectivity index (χ4v) is 3.97. The molecule has 0 radical (unpaired) electrons. The van der Waals surface area contributed by atoms with E-state index < -0.39 is 0 Å². The Bertz CT molecular complexity index is 866. The lowest BCUT2D eigenvalue weighted by atomic mass is 10.0. The van der Waals surface area contributed by atoms with Crippen LogP contribution in [0.3, 0.4) is 0 Å². The van der Waals surface area contributed by atoms with E-state index in [0.29, 0.717) is 19.0 Å². The Kier molecular flexibility index (Phi) is 9.37. The van der Waals surface area contributed by atoms with Gasteiger partial charge in [0.15, 0.2) is 5.96 Å². The first-order chi connectivity index (χ1) is 15.7. The molecule has 1 heterocycles. The quantitative estimate of drug-likeness (QED) is 0.394. The van der Waals surface area contributed by atoms with Crippen molar-refractivity contribution in [3.8, 4) is 5.75 Å². The van der Waals surface area contributed by atoms with Crippen LogP contribution < -0.4 is 20.7 Å². The smallest absolute Gasteiger partial charge is 0.242 e. The Hall–Kier alpha value is -3.06. The number of hydrogen-bond donors (Lipinski definition) is 3. The van der Waals surface area contributed by atoms with Gasteiger partial charge in [-0.05, 0) is 44.5 Å². The highest BCUT2D eigenvalue weighted by Crippen LogP contribution is 2.31. The Morgan fingerprint density at radius 2 is 1.75 bits per heavy atom. The van der Waals surface area contributed by atoms with Gasteiger partial charge in [0.05, 0.1) is 13.2 Å². The van der Waals surface area contributed by atoms with Gasteiger partial charge in [0.1, 0.15) is 12.3 Å². The van der Waals surface area contributed by atoms with Crippen molar-refractivity contribution in [3.63, 3.8) is 0 Å². The van der Waals surface area contributed by atoms with Crippen LogP contribution >= 0.6 is 0 Å². The molecule has 2 aromatic rings. The number of amides is 1. The molecule has 1 aliphatic rings. The lowest BCUT2D eigenvalue weighted by Gasteiger charge is -2.30. The number of carbonyl (C=O) groups excluding carboxylic acids is 1. The van der Waals surface area contributed by atoms with Gasteiger partial charge in [0.25, 0.3) is 0 Å². The van der Waals surface area contributed by atoms with E-state index in [9.17, 15) is 4.79 Å². The molecule has 3 rings (SSSR count). The first kappa shape index (κ1) is 23.6. The van der Waals surface area contributed by atoms with E-state index in [4.69, 9.17) is 4.74 Å². The predicted molar refractivity (Wildman–Crippen MR) is 129 cm³/mol. The minimum Gasteiger partial charge on any atom is -0.496 e. The summed E-state index contributed by atoms with van der Waals surface area (Å²) in [6, 6.07) is 18.2. The second-order valence-corrected chi connectivity index (χ2v) is 7.84. The minimum absolute atomic E-state index is 0.0746. The van der Waals surface area contributed by atoms with Gasteiger partial charge in [-0.3, -0.25) is 9.69 Å². The third kappa shape index (κ3) is 6.99. The highest BCUT2D eigenvalue weighted by atomic mass is 16.5. The number of benzene rings is 2. The van der Waals surface area contributed by atoms with Gasteiger partial charge in [-0.25, -0.2) is 4.99 Å². The molecule has 172 valence electrons. The molecule has 1 fully saturated rings. The first-order valence-electron chi connectivity index (χ1n) is 11.4. The van der Waals surface area contributed by atoms with Crippen LogP contribution in [0.2, 0.25) is 0 Å². The Morgan fingerprint density at radius 1 is 1.03 bits per heavy atom. The Labute approximate surface area is 191 Å². The highest BCUT2D eigenvalue weighted by molar-refractivity contribution is 5.84. The van der Waals surface area contributed by atoms with Crippen LogP contribution in [-0.4, -0.2) is 56.6 Å². The predicted octanol–water partition coefficient (Wildman–Crippen LogP) is 2.70. The molecule has 1 aliphatic heterocycles. The number of rotatable bonds is 10. The van der Waals surface area contributed by atoms with E-state index >= 15 is 0 Å². The van der Waals surface area contributed by atoms with E-state index in [1.54, 1.807) is 7.11 Å². The zero-order valence-corrected chi connectivity index (χ0v) is 19.1. The van der Waals surface area contributed by atoms with Crippen molar-refractivity contribution in [1.29, 1.82) is 0 Å². The fourth-order valence-electron chi connectivity index (χ4n) is 3.97. The van der Waals surface area contributed by atoms with Crippen molar-refractivity contribution in [2.24, 2.45) is 4.99 Å². The maximum atomic E-state index is 12.3. The van der Waals surface area contributed by atoms with Gasteiger partial charge in [0, 0.05) is 25.2 Å². The largest absolute Gasteiger partial charge is 0.496 e. The van der Waals surface area contributed by atoms with Crippen LogP contribution in [0.1, 0.15) is 36.9 Å². The van der Waals surface area contributed by atoms with Crippen LogP contribution in [0, 0.1) is 0 Å². The van der Waals surface area contributed by atoms with E-state index in [2.05, 4.69) is 38.0 Å². The number of nitrogens with one attached hydrogen (secondary N) is 3. The number of aliphatic imine (C=N–C) groups is 1. The maximum absolute atomic E-state index is 12.3. The topological polar surface area (TPSA) is 78.0 Å². The number of guanidine groups is 1. The van der Waals surface area contributed by atoms with Crippen LogP contribution in [-0.2, 0) is 11.3 Å². The van der Waals surface area contributed by atoms with Crippen LogP contribution in [0.4, 0.5) is 0 Å². The molecule has 32 heavy (non-hydrogen) atoms. The van der Waals surface area contributed by atoms with E-state index in [-0.39, 0.29) is 18.5 Å². The number of likely N-dealkylation sites (tertiary alicyclic amines) is 1. The average molecular weight is 438 g/mol. The second-order valence-electron chi connectivity index (χ2n) is 7.84. The van der Waals surface area contributed by atoms with Crippen molar-refractivity contribution < 1.29 is 9.53 Å². The summed E-state index contributed by atoms with van der Waals surface area (Å²) in [5.41, 5.74) is 2.24. The lowest BCUT2D eigenvalue weighted by Crippen LogP contribution is -2.43. The van der Waals surface area contributed by atoms with Crippen molar-refractivity contribution in [3.05, 3.63) is 65.7 Å². The molecule has 7 heteroatoms. The lowest BCUT2D eigenvalue weighted by molar-refractivity contribution is -0.119. The molecule has 1 amide bonds. The molecule has 3 N–H and O–H groups in total. The van der Waals surface area contributed by atoms with Crippen molar-refractivity contribution >= 4 is 11.9 Å². The standard InChI is InChI=1S/C25H35N5O2/c1-3-26-25(29-19-24(31)27-17-20-11-5-4-6-12-20)28-18-22(30-15-9-10-16-30)21-13-7-8-14-23(21)32-2/h4-8,11-14,22H,3,9-10,15-19H2,1-2H3,(H,27,31)(H2,26,28,29). The van der Waals surface area contributed by atoms with Crippen LogP contribution in [0.25, 0.3) is 0 Å². The minimum atomic E-state index is -0.105. The van der Waals surface area contributed by atoms with Gasteiger partial charge in [-0.15, -0.1) is 0 Å². The van der Waals surface area contributed by atoms with Gasteiger partial charge in [-0.1, -0.05) is 48.5 Å². The first-order valence-corrected chi connectivity index (χ1v) is 11.4. The van der Waals surface area contributed by atoms with Crippen LogP contribution in [0.5, 0.6) is 5.75 Å². The van der Waals surface area contributed by atoms with Crippen molar-refractivity contribution in [2.45, 2.75) is 32.4 Å². The summed E-state index contributed by atoms with van der Waals surface area (Å²) in [4.78, 5) is 19.3. The summed E-state index contributed by atoms with van der Waals surface area (Å²) in [7, 11) is 1.72. The number of para-hydroxylation sites is 1. The third-order valence-electron chi connectivity index (χ3n) is 5.60. The van der Waals surface area contributed by atoms with Crippen molar-refractivity contribution in [1.82, 2.24) is 20.9 Å². The molecular formula is C25H35N5O2. The monoisotopic (exact) mass is 437 g/mol. The van der Waals surface area contributed by atoms with Gasteiger partial charge >= 0.3 is 0 Å². The molecule has 0 aliphatic carbocycles. The van der Waals surface area contributed by atoms with Gasteiger partial charge in [-0.2, -0.15) is 0 Å². The number of ether oxygens (including phenoxy) is 1. The summed E-state index contributed by atoms with van der Waals surface area (Å²) < 4.78 is 5.63. The Balaban J connectivity index is 1.61. The van der Waals surface area contributed by atoms with E-state index in [0.717, 1.165) is 30.9 Å². The fraction of sp³-hybridized carbons (Fsp3) is 0.440. The molecule has 1 atom stereocenters. The number of carbonyl (C=O) groups is 1. The summed E-state index contributed by atoms with van der Waals surface area (Å²) in [6.07, 6.45) is 2.42. The average Bonchev–Trinajstić information content (AvgIpc) is 3.37. The van der Waals surface area contributed by atoms with Gasteiger partial charge in [0.2, 0.25) is 5.91 Å². The molecule has 0 bridgehead atoms. The summed E-state index contributed by atoms with van der Waals surface area (Å²) in [5, 5.41) is 9.61.